The minimum absolute atomic E-state index is 0. The Morgan fingerprint density at radius 3 is 2.78 bits per heavy atom. The molecule has 132 valence electrons. The first-order valence-corrected chi connectivity index (χ1v) is 7.51. The van der Waals surface area contributed by atoms with Crippen LogP contribution >= 0.6 is 24.0 Å². The number of hydrogen-bond donors (Lipinski definition) is 3. The Morgan fingerprint density at radius 2 is 2.13 bits per heavy atom. The summed E-state index contributed by atoms with van der Waals surface area (Å²) in [6, 6.07) is 1.90. The van der Waals surface area contributed by atoms with Crippen molar-refractivity contribution in [1.29, 1.82) is 0 Å². The Hall–Kier alpha value is -1.36. The number of guanidine groups is 1. The first kappa shape index (κ1) is 21.6. The number of ether oxygens (including phenoxy) is 1. The fourth-order valence-electron chi connectivity index (χ4n) is 1.72. The van der Waals surface area contributed by atoms with E-state index in [1.54, 1.807) is 13.3 Å². The van der Waals surface area contributed by atoms with Crippen molar-refractivity contribution in [1.82, 2.24) is 25.7 Å². The van der Waals surface area contributed by atoms with Crippen LogP contribution in [-0.4, -0.2) is 61.5 Å². The zero-order valence-electron chi connectivity index (χ0n) is 13.7. The first-order chi connectivity index (χ1) is 10.8. The third-order valence-corrected chi connectivity index (χ3v) is 2.77. The molecule has 9 heteroatoms. The summed E-state index contributed by atoms with van der Waals surface area (Å²) in [4.78, 5) is 15.8. The van der Waals surface area contributed by atoms with Crippen molar-refractivity contribution in [2.75, 3.05) is 39.9 Å². The van der Waals surface area contributed by atoms with Gasteiger partial charge in [0.2, 0.25) is 5.91 Å². The van der Waals surface area contributed by atoms with Crippen LogP contribution in [0.4, 0.5) is 0 Å². The van der Waals surface area contributed by atoms with E-state index in [1.807, 2.05) is 23.9 Å². The highest BCUT2D eigenvalue weighted by Gasteiger charge is 2.01. The highest BCUT2D eigenvalue weighted by Crippen LogP contribution is 1.88. The van der Waals surface area contributed by atoms with Crippen LogP contribution < -0.4 is 16.0 Å². The molecule has 0 aliphatic carbocycles. The van der Waals surface area contributed by atoms with Crippen LogP contribution in [0.25, 0.3) is 0 Å². The van der Waals surface area contributed by atoms with E-state index in [1.165, 1.54) is 0 Å². The number of carbonyl (C=O) groups is 1. The molecule has 0 spiro atoms. The maximum atomic E-state index is 11.6. The molecule has 8 nitrogen and oxygen atoms in total. The van der Waals surface area contributed by atoms with Crippen LogP contribution in [-0.2, 0) is 16.1 Å². The zero-order valence-corrected chi connectivity index (χ0v) is 16.1. The third kappa shape index (κ3) is 10.9. The van der Waals surface area contributed by atoms with E-state index in [2.05, 4.69) is 26.0 Å². The van der Waals surface area contributed by atoms with Crippen molar-refractivity contribution < 1.29 is 9.53 Å². The van der Waals surface area contributed by atoms with Gasteiger partial charge < -0.3 is 20.7 Å². The number of rotatable bonds is 10. The van der Waals surface area contributed by atoms with Gasteiger partial charge in [-0.15, -0.1) is 24.0 Å². The molecule has 3 N–H and O–H groups in total. The topological polar surface area (TPSA) is 92.6 Å². The average molecular weight is 438 g/mol. The van der Waals surface area contributed by atoms with Gasteiger partial charge in [-0.05, 0) is 19.4 Å². The average Bonchev–Trinajstić information content (AvgIpc) is 3.02. The largest absolute Gasteiger partial charge is 0.383 e. The highest BCUT2D eigenvalue weighted by molar-refractivity contribution is 14.0. The Balaban J connectivity index is 0.00000484. The minimum atomic E-state index is -0.120. The van der Waals surface area contributed by atoms with Gasteiger partial charge in [0.05, 0.1) is 6.61 Å². The number of methoxy groups -OCH3 is 1. The molecule has 1 rings (SSSR count). The molecule has 1 aromatic rings. The molecule has 0 aromatic carbocycles. The second kappa shape index (κ2) is 14.2. The summed E-state index contributed by atoms with van der Waals surface area (Å²) >= 11 is 0. The van der Waals surface area contributed by atoms with E-state index < -0.39 is 0 Å². The lowest BCUT2D eigenvalue weighted by Gasteiger charge is -2.11. The second-order valence-corrected chi connectivity index (χ2v) is 4.59. The molecule has 1 aromatic heterocycles. The van der Waals surface area contributed by atoms with E-state index >= 15 is 0 Å². The summed E-state index contributed by atoms with van der Waals surface area (Å²) < 4.78 is 6.75. The predicted molar refractivity (Wildman–Crippen MR) is 101 cm³/mol. The molecule has 0 aliphatic heterocycles. The lowest BCUT2D eigenvalue weighted by molar-refractivity contribution is -0.119. The van der Waals surface area contributed by atoms with Crippen LogP contribution in [0.5, 0.6) is 0 Å². The van der Waals surface area contributed by atoms with Gasteiger partial charge in [-0.2, -0.15) is 5.10 Å². The highest BCUT2D eigenvalue weighted by atomic mass is 127. The van der Waals surface area contributed by atoms with Crippen LogP contribution in [0.1, 0.15) is 13.3 Å². The van der Waals surface area contributed by atoms with Crippen molar-refractivity contribution in [2.45, 2.75) is 19.9 Å². The number of aromatic nitrogens is 2. The SMILES string of the molecule is CCNC(=NCC(=O)NCCOC)NCCCn1cccn1.I. The van der Waals surface area contributed by atoms with Crippen LogP contribution in [0.3, 0.4) is 0 Å². The Kier molecular flexibility index (Phi) is 13.4. The summed E-state index contributed by atoms with van der Waals surface area (Å²) in [5.74, 6) is 0.524. The number of nitrogens with zero attached hydrogens (tertiary/aromatic N) is 3. The maximum absolute atomic E-state index is 11.6. The lowest BCUT2D eigenvalue weighted by Crippen LogP contribution is -2.39. The molecule has 0 saturated carbocycles. The standard InChI is InChI=1S/C14H26N6O2.HI/c1-3-15-14(18-12-13(21)16-8-11-22-2)17-6-4-9-20-10-5-7-19-20;/h5,7,10H,3-4,6,8-9,11-12H2,1-2H3,(H,16,21)(H2,15,17,18);1H. The van der Waals surface area contributed by atoms with Gasteiger partial charge in [0, 0.05) is 45.7 Å². The summed E-state index contributed by atoms with van der Waals surface area (Å²) in [6.45, 7) is 5.43. The number of nitrogens with one attached hydrogen (secondary N) is 3. The second-order valence-electron chi connectivity index (χ2n) is 4.59. The summed E-state index contributed by atoms with van der Waals surface area (Å²) in [5.41, 5.74) is 0. The quantitative estimate of drug-likeness (QED) is 0.210. The van der Waals surface area contributed by atoms with Crippen LogP contribution in [0.2, 0.25) is 0 Å². The monoisotopic (exact) mass is 438 g/mol. The molecule has 0 fully saturated rings. The number of hydrogen-bond acceptors (Lipinski definition) is 4. The number of aliphatic imine (C=N–C) groups is 1. The Labute approximate surface area is 154 Å². The van der Waals surface area contributed by atoms with Gasteiger partial charge in [-0.25, -0.2) is 4.99 Å². The maximum Gasteiger partial charge on any atom is 0.241 e. The van der Waals surface area contributed by atoms with E-state index in [0.717, 1.165) is 26.1 Å². The fourth-order valence-corrected chi connectivity index (χ4v) is 1.72. The van der Waals surface area contributed by atoms with E-state index in [0.29, 0.717) is 19.1 Å². The molecule has 0 atom stereocenters. The number of aryl methyl sites for hydroxylation is 1. The Bertz CT molecular complexity index is 438. The van der Waals surface area contributed by atoms with Crippen molar-refractivity contribution in [3.05, 3.63) is 18.5 Å². The molecule has 0 bridgehead atoms. The number of amides is 1. The molecule has 0 unspecified atom stereocenters. The fraction of sp³-hybridized carbons (Fsp3) is 0.643. The minimum Gasteiger partial charge on any atom is -0.383 e. The zero-order chi connectivity index (χ0) is 16.0. The van der Waals surface area contributed by atoms with Crippen molar-refractivity contribution in [2.24, 2.45) is 4.99 Å². The molecule has 23 heavy (non-hydrogen) atoms. The van der Waals surface area contributed by atoms with Crippen LogP contribution in [0, 0.1) is 0 Å². The summed E-state index contributed by atoms with van der Waals surface area (Å²) in [5, 5.41) is 13.2. The lowest BCUT2D eigenvalue weighted by atomic mass is 10.4. The molecule has 0 aliphatic rings. The van der Waals surface area contributed by atoms with Crippen molar-refractivity contribution in [3.63, 3.8) is 0 Å². The smallest absolute Gasteiger partial charge is 0.241 e. The van der Waals surface area contributed by atoms with E-state index in [9.17, 15) is 4.79 Å². The summed E-state index contributed by atoms with van der Waals surface area (Å²) in [6.07, 6.45) is 4.62. The predicted octanol–water partition coefficient (Wildman–Crippen LogP) is 0.209. The van der Waals surface area contributed by atoms with Gasteiger partial charge in [-0.3, -0.25) is 9.48 Å². The van der Waals surface area contributed by atoms with E-state index in [-0.39, 0.29) is 36.4 Å². The normalized spacial score (nSPS) is 10.8. The first-order valence-electron chi connectivity index (χ1n) is 7.51. The van der Waals surface area contributed by atoms with Gasteiger partial charge in [-0.1, -0.05) is 0 Å². The molecule has 1 amide bonds. The summed E-state index contributed by atoms with van der Waals surface area (Å²) in [7, 11) is 1.60. The molecular formula is C14H27IN6O2. The van der Waals surface area contributed by atoms with Crippen LogP contribution in [0.15, 0.2) is 23.5 Å². The number of carbonyl (C=O) groups excluding carboxylic acids is 1. The van der Waals surface area contributed by atoms with E-state index in [4.69, 9.17) is 4.74 Å². The Morgan fingerprint density at radius 1 is 1.30 bits per heavy atom. The number of halogens is 1. The third-order valence-electron chi connectivity index (χ3n) is 2.77. The molecule has 0 saturated heterocycles. The molecular weight excluding hydrogens is 411 g/mol. The molecule has 0 radical (unpaired) electrons. The van der Waals surface area contributed by atoms with Gasteiger partial charge in [0.1, 0.15) is 6.54 Å². The van der Waals surface area contributed by atoms with Crippen molar-refractivity contribution >= 4 is 35.8 Å². The van der Waals surface area contributed by atoms with Gasteiger partial charge in [0.25, 0.3) is 0 Å². The van der Waals surface area contributed by atoms with Gasteiger partial charge in [0.15, 0.2) is 5.96 Å². The van der Waals surface area contributed by atoms with Gasteiger partial charge >= 0.3 is 0 Å². The molecule has 1 heterocycles. The van der Waals surface area contributed by atoms with Crippen molar-refractivity contribution in [3.8, 4) is 0 Å².